The minimum Gasteiger partial charge on any atom is -0.390 e. The molecule has 0 radical (unpaired) electrons. The summed E-state index contributed by atoms with van der Waals surface area (Å²) < 4.78 is 44.8. The summed E-state index contributed by atoms with van der Waals surface area (Å²) in [5.41, 5.74) is -0.866. The Bertz CT molecular complexity index is 530. The van der Waals surface area contributed by atoms with Gasteiger partial charge in [0.1, 0.15) is 21.8 Å². The zero-order valence-electron chi connectivity index (χ0n) is 14.0. The number of rotatable bonds is 7. The molecule has 0 amide bonds. The quantitative estimate of drug-likeness (QED) is 0.345. The summed E-state index contributed by atoms with van der Waals surface area (Å²) >= 11 is 0. The molecule has 3 N–H and O–H groups in total. The molecule has 138 valence electrons. The van der Waals surface area contributed by atoms with Crippen molar-refractivity contribution in [2.75, 3.05) is 19.9 Å². The van der Waals surface area contributed by atoms with Gasteiger partial charge in [-0.1, -0.05) is 0 Å². The molecule has 8 unspecified atom stereocenters. The maximum Gasteiger partial charge on any atom is 0.334 e. The third kappa shape index (κ3) is 5.66. The van der Waals surface area contributed by atoms with Gasteiger partial charge in [-0.05, 0) is 12.8 Å². The fourth-order valence-corrected chi connectivity index (χ4v) is 5.12. The highest BCUT2D eigenvalue weighted by atomic mass is 31.2. The third-order valence-corrected chi connectivity index (χ3v) is 6.67. The molecule has 24 heavy (non-hydrogen) atoms. The normalized spacial score (nSPS) is 41.8. The maximum absolute atomic E-state index is 12.6. The van der Waals surface area contributed by atoms with Gasteiger partial charge < -0.3 is 33.4 Å². The van der Waals surface area contributed by atoms with E-state index in [0.717, 1.165) is 6.66 Å². The molecule has 2 heterocycles. The lowest BCUT2D eigenvalue weighted by molar-refractivity contribution is -0.00165. The number of hydrogen-bond acceptors (Lipinski definition) is 7. The van der Waals surface area contributed by atoms with Crippen molar-refractivity contribution in [1.29, 1.82) is 0 Å². The fourth-order valence-electron chi connectivity index (χ4n) is 3.00. The van der Waals surface area contributed by atoms with E-state index in [0.29, 0.717) is 6.42 Å². The molecule has 13 heteroatoms. The third-order valence-electron chi connectivity index (χ3n) is 4.14. The number of ether oxygens (including phenoxy) is 2. The summed E-state index contributed by atoms with van der Waals surface area (Å²) in [7, 11) is -4.25. The van der Waals surface area contributed by atoms with Gasteiger partial charge in [0.15, 0.2) is 0 Å². The molecule has 9 nitrogen and oxygen atoms in total. The molecule has 2 rings (SSSR count). The van der Waals surface area contributed by atoms with Gasteiger partial charge in [-0.3, -0.25) is 9.13 Å². The zero-order valence-corrected chi connectivity index (χ0v) is 15.8. The van der Waals surface area contributed by atoms with Crippen LogP contribution in [0.2, 0.25) is 0 Å². The van der Waals surface area contributed by atoms with Crippen LogP contribution in [0, 0.1) is 0 Å². The van der Waals surface area contributed by atoms with Crippen LogP contribution >= 0.6 is 15.2 Å². The summed E-state index contributed by atoms with van der Waals surface area (Å²) in [4.78, 5) is 19.5. The highest BCUT2D eigenvalue weighted by Crippen LogP contribution is 2.54. The minimum absolute atomic E-state index is 0.133. The Morgan fingerprint density at radius 3 is 2.12 bits per heavy atom. The van der Waals surface area contributed by atoms with E-state index in [4.69, 9.17) is 18.5 Å². The van der Waals surface area contributed by atoms with E-state index in [1.54, 1.807) is 15.7 Å². The lowest BCUT2D eigenvalue weighted by Crippen LogP contribution is -2.30. The molecule has 0 spiro atoms. The van der Waals surface area contributed by atoms with Gasteiger partial charge in [0, 0.05) is 18.7 Å². The van der Waals surface area contributed by atoms with Gasteiger partial charge in [-0.15, -0.1) is 0 Å². The first-order valence-corrected chi connectivity index (χ1v) is 11.6. The van der Waals surface area contributed by atoms with E-state index < -0.39 is 39.2 Å². The van der Waals surface area contributed by atoms with Crippen LogP contribution in [-0.4, -0.2) is 86.4 Å². The van der Waals surface area contributed by atoms with Crippen LogP contribution in [0.3, 0.4) is 0 Å². The van der Waals surface area contributed by atoms with E-state index >= 15 is 0 Å². The largest absolute Gasteiger partial charge is 0.390 e. The number of aliphatic hydroxyl groups excluding tert-OH is 1. The van der Waals surface area contributed by atoms with Crippen molar-refractivity contribution >= 4 is 30.9 Å². The van der Waals surface area contributed by atoms with Crippen LogP contribution < -0.4 is 0 Å². The van der Waals surface area contributed by atoms with E-state index in [1.807, 2.05) is 0 Å². The molecule has 0 aromatic rings. The standard InChI is InChI=1S/C11H24B2O9P2/c1-23(15,16)19-5-8-9(3-11(13)22-8)24(17,18)20-4-7-6(14)2-10(12)21-7/h6-11,14H,2-5,12-13H2,1H3,(H,15,16)(H,17,18). The molecule has 0 aliphatic carbocycles. The van der Waals surface area contributed by atoms with Crippen molar-refractivity contribution in [3.05, 3.63) is 0 Å². The van der Waals surface area contributed by atoms with E-state index in [2.05, 4.69) is 0 Å². The average molecular weight is 384 g/mol. The molecule has 2 aliphatic rings. The molecule has 0 bridgehead atoms. The molecule has 2 aliphatic heterocycles. The van der Waals surface area contributed by atoms with Crippen LogP contribution in [0.4, 0.5) is 0 Å². The predicted molar refractivity (Wildman–Crippen MR) is 90.9 cm³/mol. The van der Waals surface area contributed by atoms with Crippen LogP contribution in [0.1, 0.15) is 12.8 Å². The Balaban J connectivity index is 1.95. The first kappa shape index (κ1) is 20.6. The van der Waals surface area contributed by atoms with Gasteiger partial charge >= 0.3 is 15.2 Å². The van der Waals surface area contributed by atoms with Gasteiger partial charge in [0.25, 0.3) is 0 Å². The Morgan fingerprint density at radius 1 is 1.04 bits per heavy atom. The van der Waals surface area contributed by atoms with Crippen molar-refractivity contribution in [1.82, 2.24) is 0 Å². The minimum atomic E-state index is -4.08. The lowest BCUT2D eigenvalue weighted by Gasteiger charge is -2.25. The SMILES string of the molecule is BC1CC(O)C(COP(=O)(O)C2CC(B)OC2COP(C)(=O)O)O1. The first-order chi connectivity index (χ1) is 11.0. The topological polar surface area (TPSA) is 132 Å². The van der Waals surface area contributed by atoms with Gasteiger partial charge in [0.05, 0.1) is 31.1 Å². The summed E-state index contributed by atoms with van der Waals surface area (Å²) in [6.07, 6.45) is -1.48. The van der Waals surface area contributed by atoms with Crippen molar-refractivity contribution in [3.63, 3.8) is 0 Å². The molecule has 2 saturated heterocycles. The summed E-state index contributed by atoms with van der Waals surface area (Å²) in [5, 5.41) is 9.81. The van der Waals surface area contributed by atoms with E-state index in [-0.39, 0.29) is 31.6 Å². The summed E-state index contributed by atoms with van der Waals surface area (Å²) in [6, 6.07) is -0.429. The van der Waals surface area contributed by atoms with Crippen LogP contribution in [0.15, 0.2) is 0 Å². The Labute approximate surface area is 142 Å². The second-order valence-electron chi connectivity index (χ2n) is 6.54. The monoisotopic (exact) mass is 384 g/mol. The second kappa shape index (κ2) is 7.91. The van der Waals surface area contributed by atoms with Gasteiger partial charge in [0.2, 0.25) is 0 Å². The smallest absolute Gasteiger partial charge is 0.334 e. The number of hydrogen-bond donors (Lipinski definition) is 3. The first-order valence-electron chi connectivity index (χ1n) is 7.88. The molecule has 2 fully saturated rings. The van der Waals surface area contributed by atoms with Gasteiger partial charge in [-0.25, -0.2) is 0 Å². The summed E-state index contributed by atoms with van der Waals surface area (Å²) in [5.74, 6) is 0. The molecule has 0 aromatic heterocycles. The number of aliphatic hydroxyl groups is 1. The molecule has 8 atom stereocenters. The molecule has 0 saturated carbocycles. The lowest BCUT2D eigenvalue weighted by atomic mass is 9.96. The highest BCUT2D eigenvalue weighted by molar-refractivity contribution is 7.53. The van der Waals surface area contributed by atoms with Crippen molar-refractivity contribution in [2.24, 2.45) is 0 Å². The average Bonchev–Trinajstić information content (AvgIpc) is 2.96. The van der Waals surface area contributed by atoms with Crippen molar-refractivity contribution in [3.8, 4) is 0 Å². The zero-order chi connectivity index (χ0) is 18.1. The molecular weight excluding hydrogens is 360 g/mol. The van der Waals surface area contributed by atoms with Crippen LogP contribution in [-0.2, 0) is 27.7 Å². The fraction of sp³-hybridized carbons (Fsp3) is 1.00. The second-order valence-corrected chi connectivity index (χ2v) is 10.4. The maximum atomic E-state index is 12.6. The van der Waals surface area contributed by atoms with Gasteiger partial charge in [-0.2, -0.15) is 0 Å². The Kier molecular flexibility index (Phi) is 6.79. The van der Waals surface area contributed by atoms with Crippen molar-refractivity contribution in [2.45, 2.75) is 48.8 Å². The van der Waals surface area contributed by atoms with E-state index in [9.17, 15) is 24.0 Å². The van der Waals surface area contributed by atoms with Crippen LogP contribution in [0.25, 0.3) is 0 Å². The molecule has 0 aromatic carbocycles. The highest BCUT2D eigenvalue weighted by Gasteiger charge is 2.47. The van der Waals surface area contributed by atoms with Crippen LogP contribution in [0.5, 0.6) is 0 Å². The predicted octanol–water partition coefficient (Wildman–Crippen LogP) is -1.75. The summed E-state index contributed by atoms with van der Waals surface area (Å²) in [6.45, 7) is 0.562. The Hall–Kier alpha value is 0.310. The van der Waals surface area contributed by atoms with Crippen molar-refractivity contribution < 1.29 is 42.5 Å². The molecular formula is C11H24B2O9P2. The Morgan fingerprint density at radius 2 is 1.58 bits per heavy atom. The van der Waals surface area contributed by atoms with E-state index in [1.165, 1.54) is 0 Å².